The molecule has 98 valence electrons. The van der Waals surface area contributed by atoms with Crippen molar-refractivity contribution in [1.29, 1.82) is 0 Å². The highest BCUT2D eigenvalue weighted by Gasteiger charge is 2.13. The lowest BCUT2D eigenvalue weighted by Crippen LogP contribution is -2.06. The van der Waals surface area contributed by atoms with Crippen molar-refractivity contribution >= 4 is 34.8 Å². The van der Waals surface area contributed by atoms with Gasteiger partial charge in [-0.1, -0.05) is 11.6 Å². The van der Waals surface area contributed by atoms with Crippen LogP contribution in [0.2, 0.25) is 5.02 Å². The summed E-state index contributed by atoms with van der Waals surface area (Å²) in [6, 6.07) is 6.63. The molecule has 0 saturated heterocycles. The van der Waals surface area contributed by atoms with E-state index in [-0.39, 0.29) is 11.4 Å². The lowest BCUT2D eigenvalue weighted by Gasteiger charge is -2.11. The zero-order valence-electron chi connectivity index (χ0n) is 10.1. The third-order valence-corrected chi connectivity index (χ3v) is 2.82. The van der Waals surface area contributed by atoms with E-state index in [9.17, 15) is 4.79 Å². The molecule has 5 nitrogen and oxygen atoms in total. The highest BCUT2D eigenvalue weighted by Crippen LogP contribution is 2.25. The maximum absolute atomic E-state index is 11.1. The van der Waals surface area contributed by atoms with Gasteiger partial charge < -0.3 is 16.2 Å². The van der Waals surface area contributed by atoms with E-state index in [1.165, 1.54) is 12.3 Å². The normalized spacial score (nSPS) is 10.2. The van der Waals surface area contributed by atoms with Gasteiger partial charge in [-0.25, -0.2) is 9.78 Å². The highest BCUT2D eigenvalue weighted by molar-refractivity contribution is 6.30. The first-order chi connectivity index (χ1) is 8.97. The summed E-state index contributed by atoms with van der Waals surface area (Å²) < 4.78 is 0. The van der Waals surface area contributed by atoms with Gasteiger partial charge in [0.05, 0.1) is 11.9 Å². The molecule has 4 N–H and O–H groups in total. The molecule has 19 heavy (non-hydrogen) atoms. The summed E-state index contributed by atoms with van der Waals surface area (Å²) in [6.45, 7) is 1.87. The molecule has 0 aliphatic rings. The minimum Gasteiger partial charge on any atom is -0.478 e. The van der Waals surface area contributed by atoms with Crippen molar-refractivity contribution in [3.63, 3.8) is 0 Å². The molecule has 0 amide bonds. The van der Waals surface area contributed by atoms with Crippen molar-refractivity contribution in [2.45, 2.75) is 6.92 Å². The maximum atomic E-state index is 11.1. The second-order valence-corrected chi connectivity index (χ2v) is 4.49. The zero-order chi connectivity index (χ0) is 14.0. The summed E-state index contributed by atoms with van der Waals surface area (Å²) in [5.74, 6) is -0.846. The number of benzene rings is 1. The predicted molar refractivity (Wildman–Crippen MR) is 75.1 cm³/mol. The Morgan fingerprint density at radius 1 is 1.42 bits per heavy atom. The van der Waals surface area contributed by atoms with Crippen LogP contribution in [0.4, 0.5) is 17.2 Å². The monoisotopic (exact) mass is 277 g/mol. The number of nitrogens with zero attached hydrogens (tertiary/aromatic N) is 1. The van der Waals surface area contributed by atoms with Gasteiger partial charge in [0.15, 0.2) is 0 Å². The van der Waals surface area contributed by atoms with Crippen molar-refractivity contribution < 1.29 is 9.90 Å². The van der Waals surface area contributed by atoms with E-state index >= 15 is 0 Å². The number of carboxylic acid groups (broad SMARTS) is 1. The van der Waals surface area contributed by atoms with Gasteiger partial charge >= 0.3 is 5.97 Å². The topological polar surface area (TPSA) is 88.2 Å². The Hall–Kier alpha value is -2.27. The number of nitrogens with one attached hydrogen (secondary N) is 1. The number of hydrogen-bond acceptors (Lipinski definition) is 4. The SMILES string of the molecule is Cc1cc(Cl)ccc1Nc1ncc(N)cc1C(=O)O. The van der Waals surface area contributed by atoms with Gasteiger partial charge in [0.2, 0.25) is 0 Å². The van der Waals surface area contributed by atoms with E-state index in [2.05, 4.69) is 10.3 Å². The van der Waals surface area contributed by atoms with Crippen molar-refractivity contribution in [3.05, 3.63) is 46.6 Å². The summed E-state index contributed by atoms with van der Waals surface area (Å²) in [7, 11) is 0. The van der Waals surface area contributed by atoms with Crippen LogP contribution in [0.1, 0.15) is 15.9 Å². The molecule has 0 radical (unpaired) electrons. The number of aromatic nitrogens is 1. The highest BCUT2D eigenvalue weighted by atomic mass is 35.5. The summed E-state index contributed by atoms with van der Waals surface area (Å²) in [4.78, 5) is 15.2. The van der Waals surface area contributed by atoms with E-state index in [0.717, 1.165) is 11.3 Å². The molecular weight excluding hydrogens is 266 g/mol. The molecule has 2 rings (SSSR count). The summed E-state index contributed by atoms with van der Waals surface area (Å²) in [5.41, 5.74) is 7.49. The molecule has 0 atom stereocenters. The summed E-state index contributed by atoms with van der Waals surface area (Å²) >= 11 is 5.87. The van der Waals surface area contributed by atoms with Gasteiger partial charge in [0, 0.05) is 10.7 Å². The number of halogens is 1. The van der Waals surface area contributed by atoms with Crippen LogP contribution < -0.4 is 11.1 Å². The Bertz CT molecular complexity index is 644. The lowest BCUT2D eigenvalue weighted by molar-refractivity contribution is 0.0697. The molecule has 1 heterocycles. The minimum absolute atomic E-state index is 0.0225. The van der Waals surface area contributed by atoms with Gasteiger partial charge in [0.1, 0.15) is 11.4 Å². The molecular formula is C13H12ClN3O2. The van der Waals surface area contributed by atoms with Crippen LogP contribution in [-0.4, -0.2) is 16.1 Å². The fraction of sp³-hybridized carbons (Fsp3) is 0.0769. The van der Waals surface area contributed by atoms with E-state index in [1.807, 2.05) is 6.92 Å². The number of aromatic carboxylic acids is 1. The van der Waals surface area contributed by atoms with E-state index in [1.54, 1.807) is 18.2 Å². The molecule has 0 fully saturated rings. The van der Waals surface area contributed by atoms with Gasteiger partial charge in [0.25, 0.3) is 0 Å². The van der Waals surface area contributed by atoms with Crippen LogP contribution in [0.15, 0.2) is 30.5 Å². The Morgan fingerprint density at radius 2 is 2.16 bits per heavy atom. The van der Waals surface area contributed by atoms with Crippen LogP contribution >= 0.6 is 11.6 Å². The third-order valence-electron chi connectivity index (χ3n) is 2.58. The smallest absolute Gasteiger partial charge is 0.339 e. The van der Waals surface area contributed by atoms with Gasteiger partial charge in [-0.3, -0.25) is 0 Å². The van der Waals surface area contributed by atoms with Gasteiger partial charge in [-0.2, -0.15) is 0 Å². The molecule has 0 aliphatic heterocycles. The Balaban J connectivity index is 2.40. The standard InChI is InChI=1S/C13H12ClN3O2/c1-7-4-8(14)2-3-11(7)17-12-10(13(18)19)5-9(15)6-16-12/h2-6H,15H2,1H3,(H,16,17)(H,18,19). The molecule has 0 saturated carbocycles. The van der Waals surface area contributed by atoms with Crippen molar-refractivity contribution in [2.75, 3.05) is 11.1 Å². The number of nitrogens with two attached hydrogens (primary N) is 1. The lowest BCUT2D eigenvalue weighted by atomic mass is 10.2. The number of rotatable bonds is 3. The van der Waals surface area contributed by atoms with E-state index < -0.39 is 5.97 Å². The van der Waals surface area contributed by atoms with Gasteiger partial charge in [-0.05, 0) is 36.8 Å². The number of nitrogen functional groups attached to an aromatic ring is 1. The Morgan fingerprint density at radius 3 is 2.79 bits per heavy atom. The summed E-state index contributed by atoms with van der Waals surface area (Å²) in [5, 5.41) is 12.7. The van der Waals surface area contributed by atoms with Crippen molar-refractivity contribution in [3.8, 4) is 0 Å². The molecule has 6 heteroatoms. The number of aryl methyl sites for hydroxylation is 1. The van der Waals surface area contributed by atoms with E-state index in [0.29, 0.717) is 10.7 Å². The molecule has 1 aromatic carbocycles. The maximum Gasteiger partial charge on any atom is 0.339 e. The van der Waals surface area contributed by atoms with Crippen molar-refractivity contribution in [1.82, 2.24) is 4.98 Å². The van der Waals surface area contributed by atoms with Gasteiger partial charge in [-0.15, -0.1) is 0 Å². The fourth-order valence-electron chi connectivity index (χ4n) is 1.64. The quantitative estimate of drug-likeness (QED) is 0.802. The Kier molecular flexibility index (Phi) is 3.57. The molecule has 0 aliphatic carbocycles. The molecule has 0 spiro atoms. The number of carboxylic acids is 1. The van der Waals surface area contributed by atoms with Crippen LogP contribution in [0, 0.1) is 6.92 Å². The average molecular weight is 278 g/mol. The van der Waals surface area contributed by atoms with Crippen LogP contribution in [0.25, 0.3) is 0 Å². The second kappa shape index (κ2) is 5.16. The number of hydrogen-bond donors (Lipinski definition) is 3. The molecule has 2 aromatic rings. The third kappa shape index (κ3) is 2.95. The second-order valence-electron chi connectivity index (χ2n) is 4.05. The first-order valence-corrected chi connectivity index (χ1v) is 5.87. The first kappa shape index (κ1) is 13.2. The summed E-state index contributed by atoms with van der Waals surface area (Å²) in [6.07, 6.45) is 1.40. The predicted octanol–water partition coefficient (Wildman–Crippen LogP) is 3.07. The molecule has 1 aromatic heterocycles. The zero-order valence-corrected chi connectivity index (χ0v) is 10.9. The Labute approximate surface area is 115 Å². The number of pyridine rings is 1. The first-order valence-electron chi connectivity index (χ1n) is 5.49. The molecule has 0 bridgehead atoms. The van der Waals surface area contributed by atoms with Crippen LogP contribution in [0.3, 0.4) is 0 Å². The fourth-order valence-corrected chi connectivity index (χ4v) is 1.87. The number of anilines is 3. The largest absolute Gasteiger partial charge is 0.478 e. The van der Waals surface area contributed by atoms with Crippen LogP contribution in [0.5, 0.6) is 0 Å². The van der Waals surface area contributed by atoms with Crippen LogP contribution in [-0.2, 0) is 0 Å². The van der Waals surface area contributed by atoms with E-state index in [4.69, 9.17) is 22.4 Å². The minimum atomic E-state index is -1.09. The average Bonchev–Trinajstić information content (AvgIpc) is 2.34. The van der Waals surface area contributed by atoms with Crippen molar-refractivity contribution in [2.24, 2.45) is 0 Å². The number of carbonyl (C=O) groups is 1. The molecule has 0 unspecified atom stereocenters.